The predicted molar refractivity (Wildman–Crippen MR) is 75.2 cm³/mol. The van der Waals surface area contributed by atoms with Crippen molar-refractivity contribution in [3.63, 3.8) is 0 Å². The van der Waals surface area contributed by atoms with Gasteiger partial charge in [-0.15, -0.1) is 0 Å². The molecule has 3 nitrogen and oxygen atoms in total. The summed E-state index contributed by atoms with van der Waals surface area (Å²) in [5.41, 5.74) is 2.36. The van der Waals surface area contributed by atoms with Gasteiger partial charge in [-0.25, -0.2) is 0 Å². The molecular weight excluding hydrogens is 226 g/mol. The Morgan fingerprint density at radius 3 is 2.22 bits per heavy atom. The van der Waals surface area contributed by atoms with E-state index < -0.39 is 6.10 Å². The Kier molecular flexibility index (Phi) is 5.17. The van der Waals surface area contributed by atoms with Crippen LogP contribution >= 0.6 is 0 Å². The molecule has 0 amide bonds. The van der Waals surface area contributed by atoms with Crippen molar-refractivity contribution < 1.29 is 9.84 Å². The van der Waals surface area contributed by atoms with E-state index in [1.54, 1.807) is 0 Å². The summed E-state index contributed by atoms with van der Waals surface area (Å²) in [5, 5.41) is 13.1. The minimum Gasteiger partial charge on any atom is -0.491 e. The molecular formula is C15H25NO2. The molecule has 102 valence electrons. The average Bonchev–Trinajstić information content (AvgIpc) is 2.21. The van der Waals surface area contributed by atoms with Crippen LogP contribution in [0.3, 0.4) is 0 Å². The number of hydrogen-bond acceptors (Lipinski definition) is 3. The maximum Gasteiger partial charge on any atom is 0.119 e. The molecule has 0 spiro atoms. The first-order chi connectivity index (χ1) is 8.26. The van der Waals surface area contributed by atoms with Crippen LogP contribution in [0.5, 0.6) is 5.75 Å². The first-order valence-corrected chi connectivity index (χ1v) is 6.40. The van der Waals surface area contributed by atoms with Crippen LogP contribution in [0.15, 0.2) is 18.2 Å². The lowest BCUT2D eigenvalue weighted by Crippen LogP contribution is -2.42. The van der Waals surface area contributed by atoms with Gasteiger partial charge in [-0.3, -0.25) is 0 Å². The van der Waals surface area contributed by atoms with E-state index in [1.807, 2.05) is 26.0 Å². The molecule has 1 aromatic carbocycles. The van der Waals surface area contributed by atoms with E-state index in [1.165, 1.54) is 11.1 Å². The van der Waals surface area contributed by atoms with Crippen LogP contribution < -0.4 is 10.1 Å². The number of aliphatic hydroxyl groups excluding tert-OH is 1. The van der Waals surface area contributed by atoms with E-state index in [0.29, 0.717) is 13.2 Å². The number of aliphatic hydroxyl groups is 1. The van der Waals surface area contributed by atoms with E-state index in [2.05, 4.69) is 32.2 Å². The topological polar surface area (TPSA) is 41.5 Å². The molecule has 2 N–H and O–H groups in total. The Morgan fingerprint density at radius 1 is 1.17 bits per heavy atom. The molecule has 0 radical (unpaired) electrons. The van der Waals surface area contributed by atoms with Gasteiger partial charge < -0.3 is 15.2 Å². The summed E-state index contributed by atoms with van der Waals surface area (Å²) in [6, 6.07) is 6.07. The molecule has 0 aromatic heterocycles. The smallest absolute Gasteiger partial charge is 0.119 e. The Balaban J connectivity index is 2.40. The van der Waals surface area contributed by atoms with Crippen molar-refractivity contribution in [2.45, 2.75) is 46.3 Å². The van der Waals surface area contributed by atoms with Gasteiger partial charge in [0.15, 0.2) is 0 Å². The van der Waals surface area contributed by atoms with Crippen LogP contribution in [0.4, 0.5) is 0 Å². The zero-order valence-electron chi connectivity index (χ0n) is 12.1. The fourth-order valence-electron chi connectivity index (χ4n) is 1.69. The van der Waals surface area contributed by atoms with Crippen molar-refractivity contribution in [1.82, 2.24) is 5.32 Å². The minimum atomic E-state index is -0.495. The van der Waals surface area contributed by atoms with E-state index in [4.69, 9.17) is 4.74 Å². The summed E-state index contributed by atoms with van der Waals surface area (Å²) in [7, 11) is 0. The quantitative estimate of drug-likeness (QED) is 0.844. The summed E-state index contributed by atoms with van der Waals surface area (Å²) < 4.78 is 5.60. The number of rotatable bonds is 5. The second-order valence-corrected chi connectivity index (χ2v) is 5.92. The van der Waals surface area contributed by atoms with Gasteiger partial charge in [-0.2, -0.15) is 0 Å². The third-order valence-electron chi connectivity index (χ3n) is 2.51. The standard InChI is InChI=1S/C15H25NO2/c1-11-6-12(2)8-14(7-11)18-10-13(17)9-16-15(3,4)5/h6-8,13,16-17H,9-10H2,1-5H3/t13-/m0/s1. The van der Waals surface area contributed by atoms with Crippen molar-refractivity contribution in [3.05, 3.63) is 29.3 Å². The highest BCUT2D eigenvalue weighted by Gasteiger charge is 2.12. The molecule has 1 atom stereocenters. The molecule has 1 aromatic rings. The summed E-state index contributed by atoms with van der Waals surface area (Å²) >= 11 is 0. The largest absolute Gasteiger partial charge is 0.491 e. The number of benzene rings is 1. The van der Waals surface area contributed by atoms with Crippen LogP contribution in [0.1, 0.15) is 31.9 Å². The molecule has 0 fully saturated rings. The highest BCUT2D eigenvalue weighted by atomic mass is 16.5. The molecule has 0 aliphatic rings. The Bertz CT molecular complexity index is 362. The summed E-state index contributed by atoms with van der Waals surface area (Å²) in [4.78, 5) is 0. The Hall–Kier alpha value is -1.06. The second-order valence-electron chi connectivity index (χ2n) is 5.92. The van der Waals surface area contributed by atoms with E-state index >= 15 is 0 Å². The SMILES string of the molecule is Cc1cc(C)cc(OC[C@@H](O)CNC(C)(C)C)c1. The molecule has 0 heterocycles. The molecule has 0 unspecified atom stereocenters. The van der Waals surface area contributed by atoms with Crippen LogP contribution in [0.2, 0.25) is 0 Å². The van der Waals surface area contributed by atoms with Crippen LogP contribution in [0.25, 0.3) is 0 Å². The highest BCUT2D eigenvalue weighted by Crippen LogP contribution is 2.16. The number of nitrogens with one attached hydrogen (secondary N) is 1. The van der Waals surface area contributed by atoms with Crippen molar-refractivity contribution in [2.24, 2.45) is 0 Å². The van der Waals surface area contributed by atoms with Crippen molar-refractivity contribution >= 4 is 0 Å². The van der Waals surface area contributed by atoms with Gasteiger partial charge in [0.05, 0.1) is 0 Å². The third-order valence-corrected chi connectivity index (χ3v) is 2.51. The van der Waals surface area contributed by atoms with E-state index in [-0.39, 0.29) is 5.54 Å². The lowest BCUT2D eigenvalue weighted by Gasteiger charge is -2.23. The summed E-state index contributed by atoms with van der Waals surface area (Å²) in [6.45, 7) is 11.1. The molecule has 3 heteroatoms. The van der Waals surface area contributed by atoms with Crippen LogP contribution in [0, 0.1) is 13.8 Å². The maximum absolute atomic E-state index is 9.82. The first-order valence-electron chi connectivity index (χ1n) is 6.40. The number of hydrogen-bond donors (Lipinski definition) is 2. The van der Waals surface area contributed by atoms with E-state index in [0.717, 1.165) is 5.75 Å². The molecule has 1 rings (SSSR count). The molecule has 0 saturated heterocycles. The minimum absolute atomic E-state index is 0.0148. The molecule has 0 bridgehead atoms. The number of aryl methyl sites for hydroxylation is 2. The zero-order chi connectivity index (χ0) is 13.8. The lowest BCUT2D eigenvalue weighted by molar-refractivity contribution is 0.1000. The van der Waals surface area contributed by atoms with Crippen molar-refractivity contribution in [3.8, 4) is 5.75 Å². The lowest BCUT2D eigenvalue weighted by atomic mass is 10.1. The van der Waals surface area contributed by atoms with Crippen molar-refractivity contribution in [2.75, 3.05) is 13.2 Å². The second kappa shape index (κ2) is 6.21. The van der Waals surface area contributed by atoms with Gasteiger partial charge in [0.25, 0.3) is 0 Å². The highest BCUT2D eigenvalue weighted by molar-refractivity contribution is 5.32. The molecule has 0 saturated carbocycles. The normalized spacial score (nSPS) is 13.4. The Labute approximate surface area is 110 Å². The fourth-order valence-corrected chi connectivity index (χ4v) is 1.69. The summed E-state index contributed by atoms with van der Waals surface area (Å²) in [5.74, 6) is 0.822. The average molecular weight is 251 g/mol. The van der Waals surface area contributed by atoms with Gasteiger partial charge in [-0.05, 0) is 57.9 Å². The predicted octanol–water partition coefficient (Wildman–Crippen LogP) is 2.43. The number of β-amino-alcohol motifs (C(OH)–C–C–N with tert-alkyl or cyclic N) is 1. The zero-order valence-corrected chi connectivity index (χ0v) is 12.1. The fraction of sp³-hybridized carbons (Fsp3) is 0.600. The molecule has 0 aliphatic carbocycles. The van der Waals surface area contributed by atoms with Crippen LogP contribution in [-0.4, -0.2) is 29.9 Å². The van der Waals surface area contributed by atoms with Gasteiger partial charge in [0.1, 0.15) is 18.5 Å². The molecule has 0 aliphatic heterocycles. The van der Waals surface area contributed by atoms with Gasteiger partial charge in [-0.1, -0.05) is 6.07 Å². The van der Waals surface area contributed by atoms with Crippen LogP contribution in [-0.2, 0) is 0 Å². The maximum atomic E-state index is 9.82. The van der Waals surface area contributed by atoms with Gasteiger partial charge in [0, 0.05) is 12.1 Å². The van der Waals surface area contributed by atoms with E-state index in [9.17, 15) is 5.11 Å². The third kappa shape index (κ3) is 6.03. The Morgan fingerprint density at radius 2 is 1.72 bits per heavy atom. The summed E-state index contributed by atoms with van der Waals surface area (Å²) in [6.07, 6.45) is -0.495. The monoisotopic (exact) mass is 251 g/mol. The van der Waals surface area contributed by atoms with Gasteiger partial charge in [0.2, 0.25) is 0 Å². The van der Waals surface area contributed by atoms with Gasteiger partial charge >= 0.3 is 0 Å². The number of ether oxygens (including phenoxy) is 1. The first kappa shape index (κ1) is 15.0. The molecule has 18 heavy (non-hydrogen) atoms. The van der Waals surface area contributed by atoms with Crippen molar-refractivity contribution in [1.29, 1.82) is 0 Å².